The van der Waals surface area contributed by atoms with E-state index >= 15 is 0 Å². The Morgan fingerprint density at radius 3 is 2.65 bits per heavy atom. The summed E-state index contributed by atoms with van der Waals surface area (Å²) >= 11 is 11.9. The van der Waals surface area contributed by atoms with Gasteiger partial charge in [-0.2, -0.15) is 8.78 Å². The molecule has 0 spiro atoms. The summed E-state index contributed by atoms with van der Waals surface area (Å²) in [5.74, 6) is -0.258. The van der Waals surface area contributed by atoms with Crippen LogP contribution in [0.2, 0.25) is 10.0 Å². The summed E-state index contributed by atoms with van der Waals surface area (Å²) in [5, 5.41) is 3.54. The first-order chi connectivity index (χ1) is 12.4. The number of nitrogens with zero attached hydrogens (tertiary/aromatic N) is 2. The highest BCUT2D eigenvalue weighted by Crippen LogP contribution is 2.27. The lowest BCUT2D eigenvalue weighted by atomic mass is 10.1. The van der Waals surface area contributed by atoms with E-state index in [1.54, 1.807) is 49.4 Å². The van der Waals surface area contributed by atoms with Gasteiger partial charge in [-0.3, -0.25) is 9.36 Å². The molecule has 3 rings (SSSR count). The Kier molecular flexibility index (Phi) is 5.44. The molecule has 26 heavy (non-hydrogen) atoms. The van der Waals surface area contributed by atoms with E-state index in [2.05, 4.69) is 10.3 Å². The highest BCUT2D eigenvalue weighted by molar-refractivity contribution is 6.35. The van der Waals surface area contributed by atoms with Crippen molar-refractivity contribution in [3.63, 3.8) is 0 Å². The average Bonchev–Trinajstić information content (AvgIpc) is 2.97. The predicted molar refractivity (Wildman–Crippen MR) is 97.7 cm³/mol. The smallest absolute Gasteiger partial charge is 0.320 e. The molecule has 0 aliphatic heterocycles. The third kappa shape index (κ3) is 3.81. The first-order valence-electron chi connectivity index (χ1n) is 7.85. The van der Waals surface area contributed by atoms with Crippen LogP contribution < -0.4 is 5.32 Å². The molecule has 0 saturated heterocycles. The first kappa shape index (κ1) is 18.6. The van der Waals surface area contributed by atoms with E-state index in [-0.39, 0.29) is 18.2 Å². The third-order valence-electron chi connectivity index (χ3n) is 3.95. The minimum atomic E-state index is -2.76. The number of alkyl halides is 2. The van der Waals surface area contributed by atoms with Gasteiger partial charge in [0.1, 0.15) is 5.82 Å². The molecule has 0 fully saturated rings. The van der Waals surface area contributed by atoms with Crippen molar-refractivity contribution < 1.29 is 13.6 Å². The number of hydrogen-bond donors (Lipinski definition) is 1. The molecule has 136 valence electrons. The van der Waals surface area contributed by atoms with Gasteiger partial charge in [-0.1, -0.05) is 41.4 Å². The van der Waals surface area contributed by atoms with Crippen molar-refractivity contribution >= 4 is 40.1 Å². The van der Waals surface area contributed by atoms with E-state index in [0.29, 0.717) is 26.6 Å². The fourth-order valence-electron chi connectivity index (χ4n) is 2.77. The molecule has 0 saturated carbocycles. The van der Waals surface area contributed by atoms with Gasteiger partial charge < -0.3 is 5.32 Å². The van der Waals surface area contributed by atoms with Crippen LogP contribution in [0.5, 0.6) is 0 Å². The van der Waals surface area contributed by atoms with E-state index in [4.69, 9.17) is 23.2 Å². The Hall–Kier alpha value is -2.18. The molecule has 0 aliphatic carbocycles. The number of rotatable bonds is 5. The number of halogens is 4. The van der Waals surface area contributed by atoms with Gasteiger partial charge >= 0.3 is 6.55 Å². The lowest BCUT2D eigenvalue weighted by Crippen LogP contribution is -2.30. The molecule has 8 heteroatoms. The fraction of sp³-hybridized carbons (Fsp3) is 0.222. The maximum absolute atomic E-state index is 13.5. The van der Waals surface area contributed by atoms with Crippen LogP contribution in [0, 0.1) is 0 Å². The molecule has 1 atom stereocenters. The molecule has 3 aromatic rings. The van der Waals surface area contributed by atoms with Crippen molar-refractivity contribution in [1.29, 1.82) is 0 Å². The van der Waals surface area contributed by atoms with Crippen LogP contribution in [0.1, 0.15) is 30.9 Å². The van der Waals surface area contributed by atoms with Crippen molar-refractivity contribution in [3.05, 3.63) is 63.9 Å². The van der Waals surface area contributed by atoms with Gasteiger partial charge in [0.2, 0.25) is 5.91 Å². The Bertz CT molecular complexity index is 959. The lowest BCUT2D eigenvalue weighted by molar-refractivity contribution is -0.121. The molecule has 2 aromatic carbocycles. The topological polar surface area (TPSA) is 46.9 Å². The van der Waals surface area contributed by atoms with Crippen LogP contribution in [0.3, 0.4) is 0 Å². The van der Waals surface area contributed by atoms with Gasteiger partial charge in [-0.25, -0.2) is 4.98 Å². The largest absolute Gasteiger partial charge is 0.346 e. The summed E-state index contributed by atoms with van der Waals surface area (Å²) in [6.07, 6.45) is 0.00918. The zero-order valence-electron chi connectivity index (χ0n) is 13.7. The second kappa shape index (κ2) is 7.60. The van der Waals surface area contributed by atoms with E-state index < -0.39 is 12.6 Å². The molecule has 1 unspecified atom stereocenters. The molecule has 0 aliphatic rings. The number of nitrogens with one attached hydrogen (secondary N) is 1. The van der Waals surface area contributed by atoms with Gasteiger partial charge in [0.25, 0.3) is 0 Å². The number of benzene rings is 2. The number of imidazole rings is 1. The van der Waals surface area contributed by atoms with E-state index in [9.17, 15) is 13.6 Å². The summed E-state index contributed by atoms with van der Waals surface area (Å²) in [4.78, 5) is 16.6. The fourth-order valence-corrected chi connectivity index (χ4v) is 3.24. The Balaban J connectivity index is 1.81. The zero-order chi connectivity index (χ0) is 18.8. The number of hydrogen-bond acceptors (Lipinski definition) is 2. The molecule has 1 N–H and O–H groups in total. The van der Waals surface area contributed by atoms with Gasteiger partial charge in [0.05, 0.1) is 23.5 Å². The summed E-state index contributed by atoms with van der Waals surface area (Å²) in [7, 11) is 0. The lowest BCUT2D eigenvalue weighted by Gasteiger charge is -2.16. The number of amides is 1. The Labute approximate surface area is 158 Å². The molecule has 1 heterocycles. The van der Waals surface area contributed by atoms with E-state index in [1.165, 1.54) is 0 Å². The van der Waals surface area contributed by atoms with Crippen molar-refractivity contribution in [2.75, 3.05) is 0 Å². The first-order valence-corrected chi connectivity index (χ1v) is 8.60. The number of carbonyl (C=O) groups is 1. The molecule has 1 amide bonds. The summed E-state index contributed by atoms with van der Waals surface area (Å²) < 4.78 is 27.8. The summed E-state index contributed by atoms with van der Waals surface area (Å²) in [6.45, 7) is -1.15. The van der Waals surface area contributed by atoms with Crippen molar-refractivity contribution in [1.82, 2.24) is 14.9 Å². The number of fused-ring (bicyclic) bond motifs is 1. The second-order valence-electron chi connectivity index (χ2n) is 5.81. The van der Waals surface area contributed by atoms with Crippen molar-refractivity contribution in [3.8, 4) is 0 Å². The van der Waals surface area contributed by atoms with Gasteiger partial charge in [-0.15, -0.1) is 0 Å². The van der Waals surface area contributed by atoms with Crippen LogP contribution in [-0.2, 0) is 11.2 Å². The maximum Gasteiger partial charge on any atom is 0.320 e. The zero-order valence-corrected chi connectivity index (χ0v) is 15.2. The SMILES string of the molecule is CC(NC(=O)Cc1ccc(Cl)cc1Cl)c1nc2ccccc2n1C(F)F. The summed E-state index contributed by atoms with van der Waals surface area (Å²) in [5.41, 5.74) is 1.37. The van der Waals surface area contributed by atoms with E-state index in [1.807, 2.05) is 0 Å². The number of aromatic nitrogens is 2. The Morgan fingerprint density at radius 2 is 1.96 bits per heavy atom. The number of para-hydroxylation sites is 2. The molecule has 1 aromatic heterocycles. The highest BCUT2D eigenvalue weighted by Gasteiger charge is 2.23. The highest BCUT2D eigenvalue weighted by atomic mass is 35.5. The van der Waals surface area contributed by atoms with Crippen LogP contribution in [0.15, 0.2) is 42.5 Å². The molecular formula is C18H15Cl2F2N3O. The number of carbonyl (C=O) groups excluding carboxylic acids is 1. The van der Waals surface area contributed by atoms with Gasteiger partial charge in [0.15, 0.2) is 0 Å². The molecular weight excluding hydrogens is 383 g/mol. The van der Waals surface area contributed by atoms with Crippen molar-refractivity contribution in [2.24, 2.45) is 0 Å². The van der Waals surface area contributed by atoms with E-state index in [0.717, 1.165) is 4.57 Å². The molecule has 0 bridgehead atoms. The molecule has 4 nitrogen and oxygen atoms in total. The quantitative estimate of drug-likeness (QED) is 0.646. The third-order valence-corrected chi connectivity index (χ3v) is 4.54. The summed E-state index contributed by atoms with van der Waals surface area (Å²) in [6, 6.07) is 10.7. The minimum Gasteiger partial charge on any atom is -0.346 e. The normalized spacial score (nSPS) is 12.5. The van der Waals surface area contributed by atoms with Gasteiger partial charge in [-0.05, 0) is 36.8 Å². The second-order valence-corrected chi connectivity index (χ2v) is 6.65. The minimum absolute atomic E-state index is 0.00918. The van der Waals surface area contributed by atoms with Crippen molar-refractivity contribution in [2.45, 2.75) is 25.9 Å². The maximum atomic E-state index is 13.5. The van der Waals surface area contributed by atoms with Crippen LogP contribution in [-0.4, -0.2) is 15.5 Å². The van der Waals surface area contributed by atoms with Crippen LogP contribution in [0.25, 0.3) is 11.0 Å². The van der Waals surface area contributed by atoms with Gasteiger partial charge in [0, 0.05) is 10.0 Å². The van der Waals surface area contributed by atoms with Crippen LogP contribution >= 0.6 is 23.2 Å². The average molecular weight is 398 g/mol. The molecule has 0 radical (unpaired) electrons. The van der Waals surface area contributed by atoms with Crippen LogP contribution in [0.4, 0.5) is 8.78 Å². The monoisotopic (exact) mass is 397 g/mol. The predicted octanol–water partition coefficient (Wildman–Crippen LogP) is 5.16. The Morgan fingerprint density at radius 1 is 1.23 bits per heavy atom. The standard InChI is InChI=1S/C18H15Cl2F2N3O/c1-10(23-16(26)8-11-6-7-12(19)9-13(11)20)17-24-14-4-2-3-5-15(14)25(17)18(21)22/h2-7,9-10,18H,8H2,1H3,(H,23,26).